The Morgan fingerprint density at radius 1 is 1.29 bits per heavy atom. The standard InChI is InChI=1S/C14H8ClFN2OS2/c15-11-5-9(16)1-2-10(11)12-7-21-14(17-12)18-13(19)8-3-4-20-6-8/h1-7H,(H,17,18,19). The molecule has 1 aromatic carbocycles. The summed E-state index contributed by atoms with van der Waals surface area (Å²) in [7, 11) is 0. The van der Waals surface area contributed by atoms with Crippen LogP contribution in [0.3, 0.4) is 0 Å². The number of nitrogens with zero attached hydrogens (tertiary/aromatic N) is 1. The highest BCUT2D eigenvalue weighted by molar-refractivity contribution is 7.14. The number of rotatable bonds is 3. The van der Waals surface area contributed by atoms with Crippen molar-refractivity contribution >= 4 is 45.3 Å². The van der Waals surface area contributed by atoms with Gasteiger partial charge in [-0.05, 0) is 29.6 Å². The smallest absolute Gasteiger partial charge is 0.258 e. The number of carbonyl (C=O) groups is 1. The summed E-state index contributed by atoms with van der Waals surface area (Å²) in [5.74, 6) is -0.604. The van der Waals surface area contributed by atoms with Gasteiger partial charge in [-0.15, -0.1) is 11.3 Å². The Morgan fingerprint density at radius 3 is 2.86 bits per heavy atom. The number of amides is 1. The second-order valence-corrected chi connectivity index (χ2v) is 6.17. The van der Waals surface area contributed by atoms with Gasteiger partial charge in [0.2, 0.25) is 0 Å². The van der Waals surface area contributed by atoms with Crippen molar-refractivity contribution in [2.24, 2.45) is 0 Å². The molecule has 0 radical (unpaired) electrons. The first-order valence-electron chi connectivity index (χ1n) is 5.88. The molecule has 1 amide bonds. The van der Waals surface area contributed by atoms with E-state index in [1.165, 1.54) is 34.8 Å². The first-order valence-corrected chi connectivity index (χ1v) is 8.08. The van der Waals surface area contributed by atoms with Crippen LogP contribution in [-0.2, 0) is 0 Å². The maximum Gasteiger partial charge on any atom is 0.258 e. The van der Waals surface area contributed by atoms with Gasteiger partial charge in [0.1, 0.15) is 5.82 Å². The lowest BCUT2D eigenvalue weighted by Gasteiger charge is -2.01. The Bertz CT molecular complexity index is 786. The molecule has 2 heterocycles. The summed E-state index contributed by atoms with van der Waals surface area (Å²) in [6.07, 6.45) is 0. The topological polar surface area (TPSA) is 42.0 Å². The van der Waals surface area contributed by atoms with Gasteiger partial charge < -0.3 is 0 Å². The molecular formula is C14H8ClFN2OS2. The normalized spacial score (nSPS) is 10.6. The van der Waals surface area contributed by atoms with Crippen molar-refractivity contribution in [3.05, 3.63) is 56.8 Å². The SMILES string of the molecule is O=C(Nc1nc(-c2ccc(F)cc2Cl)cs1)c1ccsc1. The average Bonchev–Trinajstić information content (AvgIpc) is 3.09. The van der Waals surface area contributed by atoms with Crippen LogP contribution in [0.1, 0.15) is 10.4 Å². The number of hydrogen-bond acceptors (Lipinski definition) is 4. The largest absolute Gasteiger partial charge is 0.298 e. The molecule has 2 aromatic heterocycles. The lowest BCUT2D eigenvalue weighted by molar-refractivity contribution is 0.102. The Kier molecular flexibility index (Phi) is 4.01. The molecule has 3 aromatic rings. The Labute approximate surface area is 133 Å². The van der Waals surface area contributed by atoms with Gasteiger partial charge in [0, 0.05) is 16.3 Å². The van der Waals surface area contributed by atoms with Crippen molar-refractivity contribution in [1.29, 1.82) is 0 Å². The Morgan fingerprint density at radius 2 is 2.14 bits per heavy atom. The molecule has 0 saturated heterocycles. The van der Waals surface area contributed by atoms with Gasteiger partial charge in [-0.1, -0.05) is 11.6 Å². The van der Waals surface area contributed by atoms with Crippen molar-refractivity contribution in [3.8, 4) is 11.3 Å². The van der Waals surface area contributed by atoms with E-state index in [9.17, 15) is 9.18 Å². The molecular weight excluding hydrogens is 331 g/mol. The summed E-state index contributed by atoms with van der Waals surface area (Å²) in [4.78, 5) is 16.2. The lowest BCUT2D eigenvalue weighted by Crippen LogP contribution is -2.10. The van der Waals surface area contributed by atoms with E-state index in [4.69, 9.17) is 11.6 Å². The molecule has 21 heavy (non-hydrogen) atoms. The molecule has 0 saturated carbocycles. The van der Waals surface area contributed by atoms with Gasteiger partial charge >= 0.3 is 0 Å². The first kappa shape index (κ1) is 14.2. The van der Waals surface area contributed by atoms with Gasteiger partial charge in [-0.25, -0.2) is 9.37 Å². The highest BCUT2D eigenvalue weighted by Crippen LogP contribution is 2.31. The second kappa shape index (κ2) is 5.93. The molecule has 0 fully saturated rings. The van der Waals surface area contributed by atoms with Crippen LogP contribution in [0.25, 0.3) is 11.3 Å². The number of halogens is 2. The number of benzene rings is 1. The minimum atomic E-state index is -0.398. The van der Waals surface area contributed by atoms with Gasteiger partial charge in [0.25, 0.3) is 5.91 Å². The highest BCUT2D eigenvalue weighted by Gasteiger charge is 2.12. The van der Waals surface area contributed by atoms with Crippen molar-refractivity contribution in [1.82, 2.24) is 4.98 Å². The fourth-order valence-electron chi connectivity index (χ4n) is 1.72. The molecule has 0 bridgehead atoms. The molecule has 0 atom stereocenters. The van der Waals surface area contributed by atoms with E-state index in [1.807, 2.05) is 5.38 Å². The first-order chi connectivity index (χ1) is 10.1. The van der Waals surface area contributed by atoms with Gasteiger partial charge in [-0.2, -0.15) is 11.3 Å². The van der Waals surface area contributed by atoms with E-state index in [-0.39, 0.29) is 10.9 Å². The maximum absolute atomic E-state index is 13.0. The third kappa shape index (κ3) is 3.12. The van der Waals surface area contributed by atoms with E-state index in [0.29, 0.717) is 22.0 Å². The summed E-state index contributed by atoms with van der Waals surface area (Å²) in [5.41, 5.74) is 1.83. The second-order valence-electron chi connectivity index (χ2n) is 4.13. The summed E-state index contributed by atoms with van der Waals surface area (Å²) >= 11 is 8.74. The zero-order valence-electron chi connectivity index (χ0n) is 10.5. The predicted molar refractivity (Wildman–Crippen MR) is 84.8 cm³/mol. The van der Waals surface area contributed by atoms with Crippen LogP contribution in [0.15, 0.2) is 40.4 Å². The van der Waals surface area contributed by atoms with Crippen LogP contribution in [0.2, 0.25) is 5.02 Å². The minimum Gasteiger partial charge on any atom is -0.298 e. The summed E-state index contributed by atoms with van der Waals surface area (Å²) in [6.45, 7) is 0. The number of aromatic nitrogens is 1. The van der Waals surface area contributed by atoms with Crippen LogP contribution in [0.4, 0.5) is 9.52 Å². The predicted octanol–water partition coefficient (Wildman–Crippen LogP) is 4.92. The number of hydrogen-bond donors (Lipinski definition) is 1. The van der Waals surface area contributed by atoms with Gasteiger partial charge in [0.05, 0.1) is 16.3 Å². The van der Waals surface area contributed by atoms with Crippen LogP contribution in [0.5, 0.6) is 0 Å². The molecule has 106 valence electrons. The van der Waals surface area contributed by atoms with Crippen molar-refractivity contribution < 1.29 is 9.18 Å². The van der Waals surface area contributed by atoms with Crippen LogP contribution in [0, 0.1) is 5.82 Å². The molecule has 1 N–H and O–H groups in total. The van der Waals surface area contributed by atoms with Crippen LogP contribution in [-0.4, -0.2) is 10.9 Å². The van der Waals surface area contributed by atoms with E-state index < -0.39 is 5.82 Å². The molecule has 3 nitrogen and oxygen atoms in total. The molecule has 0 aliphatic heterocycles. The van der Waals surface area contributed by atoms with E-state index in [0.717, 1.165) is 0 Å². The number of carbonyl (C=O) groups excluding carboxylic acids is 1. The van der Waals surface area contributed by atoms with E-state index in [2.05, 4.69) is 10.3 Å². The van der Waals surface area contributed by atoms with E-state index in [1.54, 1.807) is 22.9 Å². The summed E-state index contributed by atoms with van der Waals surface area (Å²) < 4.78 is 13.0. The van der Waals surface area contributed by atoms with Crippen LogP contribution >= 0.6 is 34.3 Å². The molecule has 0 spiro atoms. The van der Waals surface area contributed by atoms with Crippen LogP contribution < -0.4 is 5.32 Å². The zero-order valence-corrected chi connectivity index (χ0v) is 12.9. The summed E-state index contributed by atoms with van der Waals surface area (Å²) in [6, 6.07) is 5.87. The number of anilines is 1. The third-order valence-corrected chi connectivity index (χ3v) is 4.47. The summed E-state index contributed by atoms with van der Waals surface area (Å²) in [5, 5.41) is 8.85. The monoisotopic (exact) mass is 338 g/mol. The fourth-order valence-corrected chi connectivity index (χ4v) is 3.32. The van der Waals surface area contributed by atoms with E-state index >= 15 is 0 Å². The average molecular weight is 339 g/mol. The molecule has 3 rings (SSSR count). The maximum atomic E-state index is 13.0. The van der Waals surface area contributed by atoms with Crippen molar-refractivity contribution in [2.45, 2.75) is 0 Å². The molecule has 0 aliphatic rings. The molecule has 7 heteroatoms. The number of thiazole rings is 1. The van der Waals surface area contributed by atoms with Crippen molar-refractivity contribution in [2.75, 3.05) is 5.32 Å². The van der Waals surface area contributed by atoms with Gasteiger partial charge in [-0.3, -0.25) is 10.1 Å². The molecule has 0 unspecified atom stereocenters. The number of thiophene rings is 1. The molecule has 0 aliphatic carbocycles. The lowest BCUT2D eigenvalue weighted by atomic mass is 10.2. The van der Waals surface area contributed by atoms with Gasteiger partial charge in [0.15, 0.2) is 5.13 Å². The van der Waals surface area contributed by atoms with Crippen molar-refractivity contribution in [3.63, 3.8) is 0 Å². The zero-order chi connectivity index (χ0) is 14.8. The fraction of sp³-hybridized carbons (Fsp3) is 0. The third-order valence-electron chi connectivity index (χ3n) is 2.72. The quantitative estimate of drug-likeness (QED) is 0.736. The Balaban J connectivity index is 1.82. The number of nitrogens with one attached hydrogen (secondary N) is 1. The minimum absolute atomic E-state index is 0.206. The highest BCUT2D eigenvalue weighted by atomic mass is 35.5. The Hall–Kier alpha value is -1.76.